The summed E-state index contributed by atoms with van der Waals surface area (Å²) in [5.41, 5.74) is 1.37. The zero-order valence-electron chi connectivity index (χ0n) is 21.7. The number of carbonyl (C=O) groups excluding carboxylic acids is 1. The Kier molecular flexibility index (Phi) is 9.19. The molecule has 0 fully saturated rings. The fourth-order valence-electron chi connectivity index (χ4n) is 3.06. The Hall–Kier alpha value is -3.21. The molecule has 0 aliphatic carbocycles. The van der Waals surface area contributed by atoms with Crippen LogP contribution in [-0.2, 0) is 4.74 Å². The summed E-state index contributed by atoms with van der Waals surface area (Å²) in [6.45, 7) is 7.44. The lowest BCUT2D eigenvalue weighted by molar-refractivity contribution is 0.0206. The van der Waals surface area contributed by atoms with Gasteiger partial charge in [-0.25, -0.2) is 4.79 Å². The number of anilines is 2. The third-order valence-corrected chi connectivity index (χ3v) is 7.20. The average Bonchev–Trinajstić information content (AvgIpc) is 2.86. The van der Waals surface area contributed by atoms with E-state index in [0.717, 1.165) is 10.6 Å². The van der Waals surface area contributed by atoms with Crippen molar-refractivity contribution in [2.75, 3.05) is 11.6 Å². The Balaban J connectivity index is 1.40. The number of carbonyl (C=O) groups is 1. The SMILES string of the molecule is CSc1nc(Nc2ccc(OC(=O)OC(C)(C)C)cc2)nc(Sc2ccc(Sc3ccc(C)cc3)cc2)n1. The first kappa shape index (κ1) is 27.8. The van der Waals surface area contributed by atoms with E-state index in [4.69, 9.17) is 9.47 Å². The van der Waals surface area contributed by atoms with Gasteiger partial charge in [0.25, 0.3) is 0 Å². The molecule has 1 aromatic heterocycles. The van der Waals surface area contributed by atoms with Gasteiger partial charge in [0, 0.05) is 20.4 Å². The van der Waals surface area contributed by atoms with Crippen LogP contribution in [0.25, 0.3) is 0 Å². The van der Waals surface area contributed by atoms with Gasteiger partial charge in [0.1, 0.15) is 11.4 Å². The van der Waals surface area contributed by atoms with Gasteiger partial charge in [-0.2, -0.15) is 15.0 Å². The fourth-order valence-corrected chi connectivity index (χ4v) is 5.03. The Morgan fingerprint density at radius 2 is 1.32 bits per heavy atom. The van der Waals surface area contributed by atoms with Crippen LogP contribution in [0.1, 0.15) is 26.3 Å². The van der Waals surface area contributed by atoms with Crippen LogP contribution in [0.15, 0.2) is 97.8 Å². The summed E-state index contributed by atoms with van der Waals surface area (Å²) in [5, 5.41) is 4.41. The van der Waals surface area contributed by atoms with Crippen molar-refractivity contribution in [1.29, 1.82) is 0 Å². The van der Waals surface area contributed by atoms with Gasteiger partial charge in [-0.05, 0) is 106 Å². The van der Waals surface area contributed by atoms with E-state index >= 15 is 0 Å². The molecule has 0 unspecified atom stereocenters. The van der Waals surface area contributed by atoms with Crippen LogP contribution in [0, 0.1) is 6.92 Å². The lowest BCUT2D eigenvalue weighted by Crippen LogP contribution is -2.25. The number of benzene rings is 3. The third-order valence-electron chi connectivity index (χ3n) is 4.77. The van der Waals surface area contributed by atoms with Crippen molar-refractivity contribution < 1.29 is 14.3 Å². The van der Waals surface area contributed by atoms with E-state index in [1.54, 1.807) is 56.8 Å². The highest BCUT2D eigenvalue weighted by molar-refractivity contribution is 8.00. The van der Waals surface area contributed by atoms with Crippen molar-refractivity contribution in [1.82, 2.24) is 15.0 Å². The van der Waals surface area contributed by atoms with Gasteiger partial charge in [-0.15, -0.1) is 0 Å². The molecule has 3 aromatic carbocycles. The van der Waals surface area contributed by atoms with Crippen molar-refractivity contribution >= 4 is 53.1 Å². The predicted molar refractivity (Wildman–Crippen MR) is 154 cm³/mol. The van der Waals surface area contributed by atoms with Gasteiger partial charge in [-0.3, -0.25) is 0 Å². The van der Waals surface area contributed by atoms with Gasteiger partial charge in [0.15, 0.2) is 10.3 Å². The number of hydrogen-bond acceptors (Lipinski definition) is 10. The third kappa shape index (κ3) is 8.68. The first-order valence-corrected chi connectivity index (χ1v) is 14.6. The van der Waals surface area contributed by atoms with Crippen molar-refractivity contribution in [2.24, 2.45) is 0 Å². The number of thioether (sulfide) groups is 1. The molecule has 7 nitrogen and oxygen atoms in total. The van der Waals surface area contributed by atoms with Gasteiger partial charge in [-0.1, -0.05) is 41.2 Å². The molecule has 1 N–H and O–H groups in total. The Labute approximate surface area is 235 Å². The number of ether oxygens (including phenoxy) is 2. The summed E-state index contributed by atoms with van der Waals surface area (Å²) < 4.78 is 10.4. The number of nitrogens with zero attached hydrogens (tertiary/aromatic N) is 3. The molecular formula is C28H28N4O3S3. The van der Waals surface area contributed by atoms with E-state index in [2.05, 4.69) is 75.7 Å². The molecular weight excluding hydrogens is 537 g/mol. The van der Waals surface area contributed by atoms with Gasteiger partial charge in [0.05, 0.1) is 0 Å². The van der Waals surface area contributed by atoms with Crippen LogP contribution >= 0.6 is 35.3 Å². The molecule has 0 radical (unpaired) electrons. The predicted octanol–water partition coefficient (Wildman–Crippen LogP) is 8.26. The van der Waals surface area contributed by atoms with E-state index in [1.807, 2.05) is 6.26 Å². The molecule has 38 heavy (non-hydrogen) atoms. The highest BCUT2D eigenvalue weighted by atomic mass is 32.2. The Morgan fingerprint density at radius 1 is 0.763 bits per heavy atom. The molecule has 4 rings (SSSR count). The fraction of sp³-hybridized carbons (Fsp3) is 0.214. The highest BCUT2D eigenvalue weighted by Gasteiger charge is 2.18. The molecule has 0 spiro atoms. The first-order chi connectivity index (χ1) is 18.1. The molecule has 196 valence electrons. The molecule has 0 atom stereocenters. The molecule has 0 bridgehead atoms. The zero-order chi connectivity index (χ0) is 27.1. The minimum Gasteiger partial charge on any atom is -0.428 e. The van der Waals surface area contributed by atoms with Crippen LogP contribution in [0.3, 0.4) is 0 Å². The van der Waals surface area contributed by atoms with Crippen LogP contribution in [-0.4, -0.2) is 33.0 Å². The number of rotatable bonds is 8. The molecule has 1 heterocycles. The second-order valence-corrected chi connectivity index (χ2v) is 12.1. The lowest BCUT2D eigenvalue weighted by Gasteiger charge is -2.18. The Bertz CT molecular complexity index is 1370. The maximum Gasteiger partial charge on any atom is 0.514 e. The van der Waals surface area contributed by atoms with Gasteiger partial charge < -0.3 is 14.8 Å². The van der Waals surface area contributed by atoms with Crippen LogP contribution in [0.4, 0.5) is 16.4 Å². The smallest absolute Gasteiger partial charge is 0.428 e. The lowest BCUT2D eigenvalue weighted by atomic mass is 10.2. The molecule has 0 amide bonds. The zero-order valence-corrected chi connectivity index (χ0v) is 24.2. The molecule has 0 aliphatic rings. The highest BCUT2D eigenvalue weighted by Crippen LogP contribution is 2.32. The van der Waals surface area contributed by atoms with Gasteiger partial charge in [0.2, 0.25) is 5.95 Å². The number of hydrogen-bond donors (Lipinski definition) is 1. The van der Waals surface area contributed by atoms with Crippen molar-refractivity contribution in [3.8, 4) is 5.75 Å². The standard InChI is InChI=1S/C28H28N4O3S3/c1-18-6-12-21(13-7-18)37-22-14-16-23(17-15-22)38-26-31-24(30-25(32-26)36-5)29-19-8-10-20(11-9-19)34-27(33)35-28(2,3)4/h6-17H,1-5H3,(H,29,30,31,32). The summed E-state index contributed by atoms with van der Waals surface area (Å²) in [6, 6.07) is 23.8. The molecule has 10 heteroatoms. The monoisotopic (exact) mass is 564 g/mol. The quantitative estimate of drug-likeness (QED) is 0.128. The number of aromatic nitrogens is 3. The normalized spacial score (nSPS) is 11.2. The second kappa shape index (κ2) is 12.6. The first-order valence-electron chi connectivity index (χ1n) is 11.8. The summed E-state index contributed by atoms with van der Waals surface area (Å²) in [6.07, 6.45) is 1.18. The number of aryl methyl sites for hydroxylation is 1. The van der Waals surface area contributed by atoms with Crippen LogP contribution in [0.2, 0.25) is 0 Å². The second-order valence-electron chi connectivity index (χ2n) is 9.13. The minimum absolute atomic E-state index is 0.380. The topological polar surface area (TPSA) is 86.2 Å². The van der Waals surface area contributed by atoms with E-state index < -0.39 is 11.8 Å². The van der Waals surface area contributed by atoms with Crippen LogP contribution in [0.5, 0.6) is 5.75 Å². The maximum atomic E-state index is 11.9. The van der Waals surface area contributed by atoms with E-state index in [-0.39, 0.29) is 0 Å². The molecule has 0 saturated carbocycles. The molecule has 0 aliphatic heterocycles. The van der Waals surface area contributed by atoms with Gasteiger partial charge >= 0.3 is 6.16 Å². The summed E-state index contributed by atoms with van der Waals surface area (Å²) in [5.74, 6) is 0.810. The summed E-state index contributed by atoms with van der Waals surface area (Å²) in [4.78, 5) is 28.9. The minimum atomic E-state index is -0.747. The summed E-state index contributed by atoms with van der Waals surface area (Å²) in [7, 11) is 0. The molecule has 0 saturated heterocycles. The van der Waals surface area contributed by atoms with Crippen molar-refractivity contribution in [2.45, 2.75) is 58.3 Å². The summed E-state index contributed by atoms with van der Waals surface area (Å²) >= 11 is 4.65. The average molecular weight is 565 g/mol. The van der Waals surface area contributed by atoms with E-state index in [0.29, 0.717) is 22.0 Å². The maximum absolute atomic E-state index is 11.9. The largest absolute Gasteiger partial charge is 0.514 e. The van der Waals surface area contributed by atoms with E-state index in [9.17, 15) is 4.79 Å². The van der Waals surface area contributed by atoms with Crippen molar-refractivity contribution in [3.63, 3.8) is 0 Å². The Morgan fingerprint density at radius 3 is 1.89 bits per heavy atom. The van der Waals surface area contributed by atoms with Crippen LogP contribution < -0.4 is 10.1 Å². The van der Waals surface area contributed by atoms with E-state index in [1.165, 1.54) is 38.9 Å². The molecule has 4 aromatic rings. The number of nitrogens with one attached hydrogen (secondary N) is 1. The van der Waals surface area contributed by atoms with Crippen molar-refractivity contribution in [3.05, 3.63) is 78.4 Å².